The van der Waals surface area contributed by atoms with E-state index < -0.39 is 0 Å². The molecule has 1 unspecified atom stereocenters. The van der Waals surface area contributed by atoms with Crippen LogP contribution in [0.4, 0.5) is 5.69 Å². The number of amides is 1. The average molecular weight is 475 g/mol. The van der Waals surface area contributed by atoms with E-state index >= 15 is 0 Å². The highest BCUT2D eigenvalue weighted by Crippen LogP contribution is 2.44. The van der Waals surface area contributed by atoms with Crippen molar-refractivity contribution in [2.24, 2.45) is 5.73 Å². The Morgan fingerprint density at radius 3 is 2.62 bits per heavy atom. The molecule has 1 fully saturated rings. The molecular weight excluding hydrogens is 440 g/mol. The third-order valence-electron chi connectivity index (χ3n) is 7.26. The van der Waals surface area contributed by atoms with Crippen LogP contribution in [0.5, 0.6) is 0 Å². The van der Waals surface area contributed by atoms with Crippen LogP contribution < -0.4 is 10.6 Å². The number of H-pyrrole nitrogens is 1. The lowest BCUT2D eigenvalue weighted by molar-refractivity contribution is 0.100. The number of unbranched alkanes of at least 4 members (excludes halogenated alkanes) is 1. The van der Waals surface area contributed by atoms with Crippen molar-refractivity contribution < 1.29 is 4.79 Å². The number of rotatable bonds is 8. The SMILES string of the molecule is CCCCC(Cc1c[nH]c2ccccc12)c1c(C(N)=O)sc2c(N3CCN(C)CC3)cccc12. The number of carbonyl (C=O) groups is 1. The molecule has 5 rings (SSSR count). The fourth-order valence-corrected chi connectivity index (χ4v) is 6.65. The number of thiophene rings is 1. The molecule has 34 heavy (non-hydrogen) atoms. The Labute approximate surface area is 205 Å². The van der Waals surface area contributed by atoms with Crippen LogP contribution in [0.1, 0.15) is 52.9 Å². The number of anilines is 1. The Morgan fingerprint density at radius 1 is 1.09 bits per heavy atom. The molecule has 6 heteroatoms. The Hall–Kier alpha value is -2.83. The van der Waals surface area contributed by atoms with Crippen molar-refractivity contribution in [2.75, 3.05) is 38.1 Å². The van der Waals surface area contributed by atoms with Crippen LogP contribution in [0.15, 0.2) is 48.7 Å². The van der Waals surface area contributed by atoms with Gasteiger partial charge in [0, 0.05) is 43.3 Å². The molecule has 1 aliphatic heterocycles. The molecular formula is C28H34N4OS. The second kappa shape index (κ2) is 9.80. The molecule has 178 valence electrons. The van der Waals surface area contributed by atoms with Crippen LogP contribution in [0.25, 0.3) is 21.0 Å². The summed E-state index contributed by atoms with van der Waals surface area (Å²) in [4.78, 5) is 21.7. The number of primary amides is 1. The first kappa shape index (κ1) is 22.9. The standard InChI is InChI=1S/C28H34N4OS/c1-3-4-8-19(17-20-18-30-23-11-6-5-9-21(20)23)25-22-10-7-12-24(26(22)34-27(25)28(29)33)32-15-13-31(2)14-16-32/h5-7,9-12,18-19,30H,3-4,8,13-17H2,1-2H3,(H2,29,33). The molecule has 1 amide bonds. The van der Waals surface area contributed by atoms with Crippen molar-refractivity contribution in [2.45, 2.75) is 38.5 Å². The number of piperazine rings is 1. The molecule has 3 N–H and O–H groups in total. The summed E-state index contributed by atoms with van der Waals surface area (Å²) in [6, 6.07) is 15.0. The number of nitrogens with two attached hydrogens (primary N) is 1. The summed E-state index contributed by atoms with van der Waals surface area (Å²) in [5.74, 6) is -0.0564. The van der Waals surface area contributed by atoms with Gasteiger partial charge >= 0.3 is 0 Å². The van der Waals surface area contributed by atoms with Crippen LogP contribution in [-0.4, -0.2) is 49.0 Å². The zero-order valence-electron chi connectivity index (χ0n) is 20.1. The number of likely N-dealkylation sites (N-methyl/N-ethyl adjacent to an activating group) is 1. The minimum atomic E-state index is -0.305. The van der Waals surface area contributed by atoms with E-state index in [1.54, 1.807) is 11.3 Å². The molecule has 3 heterocycles. The molecule has 0 saturated carbocycles. The molecule has 0 spiro atoms. The van der Waals surface area contributed by atoms with Crippen LogP contribution in [-0.2, 0) is 6.42 Å². The fourth-order valence-electron chi connectivity index (χ4n) is 5.37. The number of nitrogens with one attached hydrogen (secondary N) is 1. The highest BCUT2D eigenvalue weighted by Gasteiger charge is 2.27. The summed E-state index contributed by atoms with van der Waals surface area (Å²) in [6.07, 6.45) is 6.33. The van der Waals surface area contributed by atoms with Gasteiger partial charge in [0.2, 0.25) is 0 Å². The topological polar surface area (TPSA) is 65.4 Å². The minimum Gasteiger partial charge on any atom is -0.368 e. The highest BCUT2D eigenvalue weighted by molar-refractivity contribution is 7.21. The van der Waals surface area contributed by atoms with E-state index in [0.717, 1.165) is 67.8 Å². The lowest BCUT2D eigenvalue weighted by atomic mass is 9.85. The van der Waals surface area contributed by atoms with Gasteiger partial charge in [0.25, 0.3) is 5.91 Å². The van der Waals surface area contributed by atoms with E-state index in [4.69, 9.17) is 5.73 Å². The van der Waals surface area contributed by atoms with Crippen LogP contribution in [0.2, 0.25) is 0 Å². The van der Waals surface area contributed by atoms with Gasteiger partial charge < -0.3 is 20.5 Å². The predicted octanol–water partition coefficient (Wildman–Crippen LogP) is 5.75. The number of fused-ring (bicyclic) bond motifs is 2. The first-order valence-electron chi connectivity index (χ1n) is 12.4. The Kier molecular flexibility index (Phi) is 6.61. The van der Waals surface area contributed by atoms with E-state index in [1.165, 1.54) is 26.7 Å². The minimum absolute atomic E-state index is 0.248. The van der Waals surface area contributed by atoms with Crippen LogP contribution in [0, 0.1) is 0 Å². The number of aromatic nitrogens is 1. The average Bonchev–Trinajstić information content (AvgIpc) is 3.44. The van der Waals surface area contributed by atoms with Gasteiger partial charge in [-0.25, -0.2) is 0 Å². The third-order valence-corrected chi connectivity index (χ3v) is 8.51. The first-order valence-corrected chi connectivity index (χ1v) is 13.2. The van der Waals surface area contributed by atoms with Gasteiger partial charge in [0.1, 0.15) is 0 Å². The van der Waals surface area contributed by atoms with Crippen molar-refractivity contribution in [3.05, 3.63) is 64.7 Å². The fraction of sp³-hybridized carbons (Fsp3) is 0.393. The van der Waals surface area contributed by atoms with Gasteiger partial charge in [0.15, 0.2) is 0 Å². The normalized spacial score (nSPS) is 15.9. The number of hydrogen-bond acceptors (Lipinski definition) is 4. The van der Waals surface area contributed by atoms with E-state index in [1.807, 2.05) is 0 Å². The molecule has 1 saturated heterocycles. The Balaban J connectivity index is 1.60. The first-order chi connectivity index (χ1) is 16.6. The van der Waals surface area contributed by atoms with Gasteiger partial charge in [-0.1, -0.05) is 50.1 Å². The zero-order valence-corrected chi connectivity index (χ0v) is 21.0. The molecule has 4 aromatic rings. The van der Waals surface area contributed by atoms with Crippen molar-refractivity contribution in [3.63, 3.8) is 0 Å². The second-order valence-electron chi connectivity index (χ2n) is 9.56. The van der Waals surface area contributed by atoms with Gasteiger partial charge in [-0.15, -0.1) is 11.3 Å². The van der Waals surface area contributed by atoms with Gasteiger partial charge in [0.05, 0.1) is 15.3 Å². The van der Waals surface area contributed by atoms with Gasteiger partial charge in [-0.3, -0.25) is 4.79 Å². The quantitative estimate of drug-likeness (QED) is 0.342. The maximum Gasteiger partial charge on any atom is 0.259 e. The lowest BCUT2D eigenvalue weighted by Gasteiger charge is -2.34. The number of hydrogen-bond donors (Lipinski definition) is 2. The Bertz CT molecular complexity index is 1300. The molecule has 5 nitrogen and oxygen atoms in total. The second-order valence-corrected chi connectivity index (χ2v) is 10.6. The number of benzene rings is 2. The molecule has 1 atom stereocenters. The maximum atomic E-state index is 12.7. The van der Waals surface area contributed by atoms with Crippen LogP contribution >= 0.6 is 11.3 Å². The van der Waals surface area contributed by atoms with Gasteiger partial charge in [-0.05, 0) is 54.5 Å². The number of carbonyl (C=O) groups excluding carboxylic acids is 1. The van der Waals surface area contributed by atoms with Crippen LogP contribution in [0.3, 0.4) is 0 Å². The number of nitrogens with zero attached hydrogens (tertiary/aromatic N) is 2. The lowest BCUT2D eigenvalue weighted by Crippen LogP contribution is -2.44. The summed E-state index contributed by atoms with van der Waals surface area (Å²) in [7, 11) is 2.18. The molecule has 0 radical (unpaired) electrons. The molecule has 1 aliphatic rings. The largest absolute Gasteiger partial charge is 0.368 e. The van der Waals surface area contributed by atoms with Gasteiger partial charge in [-0.2, -0.15) is 0 Å². The van der Waals surface area contributed by atoms with E-state index in [0.29, 0.717) is 0 Å². The highest BCUT2D eigenvalue weighted by atomic mass is 32.1. The summed E-state index contributed by atoms with van der Waals surface area (Å²) in [5, 5.41) is 2.47. The smallest absolute Gasteiger partial charge is 0.259 e. The van der Waals surface area contributed by atoms with Crippen molar-refractivity contribution in [3.8, 4) is 0 Å². The van der Waals surface area contributed by atoms with E-state index in [-0.39, 0.29) is 11.8 Å². The molecule has 0 bridgehead atoms. The van der Waals surface area contributed by atoms with Crippen molar-refractivity contribution in [1.82, 2.24) is 9.88 Å². The van der Waals surface area contributed by atoms with Crippen molar-refractivity contribution in [1.29, 1.82) is 0 Å². The molecule has 2 aromatic carbocycles. The monoisotopic (exact) mass is 474 g/mol. The summed E-state index contributed by atoms with van der Waals surface area (Å²) in [6.45, 7) is 6.34. The zero-order chi connectivity index (χ0) is 23.7. The number of aromatic amines is 1. The predicted molar refractivity (Wildman–Crippen MR) is 144 cm³/mol. The Morgan fingerprint density at radius 2 is 1.85 bits per heavy atom. The molecule has 0 aliphatic carbocycles. The van der Waals surface area contributed by atoms with Crippen molar-refractivity contribution >= 4 is 43.9 Å². The summed E-state index contributed by atoms with van der Waals surface area (Å²) in [5.41, 5.74) is 10.9. The summed E-state index contributed by atoms with van der Waals surface area (Å²) >= 11 is 1.59. The van der Waals surface area contributed by atoms with E-state index in [9.17, 15) is 4.79 Å². The maximum absolute atomic E-state index is 12.7. The molecule has 2 aromatic heterocycles. The number of para-hydroxylation sites is 1. The third kappa shape index (κ3) is 4.32. The van der Waals surface area contributed by atoms with E-state index in [2.05, 4.69) is 77.4 Å². The summed E-state index contributed by atoms with van der Waals surface area (Å²) < 4.78 is 1.20.